The molecule has 4 rings (SSSR count). The average molecular weight is 499 g/mol. The van der Waals surface area contributed by atoms with Crippen molar-refractivity contribution in [3.8, 4) is 17.0 Å². The number of carbonyl (C=O) groups excluding carboxylic acids is 2. The predicted octanol–water partition coefficient (Wildman–Crippen LogP) is 4.42. The summed E-state index contributed by atoms with van der Waals surface area (Å²) in [6.45, 7) is 1.98. The molecule has 1 aliphatic heterocycles. The zero-order valence-corrected chi connectivity index (χ0v) is 19.8. The second-order valence-electron chi connectivity index (χ2n) is 7.33. The molecule has 0 atom stereocenters. The van der Waals surface area contributed by atoms with Crippen LogP contribution in [0.2, 0.25) is 0 Å². The smallest absolute Gasteiger partial charge is 0.266 e. The number of aryl methyl sites for hydroxylation is 1. The summed E-state index contributed by atoms with van der Waals surface area (Å²) in [6.07, 6.45) is 1.63. The Morgan fingerprint density at radius 1 is 1.26 bits per heavy atom. The van der Waals surface area contributed by atoms with Gasteiger partial charge in [0.05, 0.1) is 12.0 Å². The molecule has 2 heterocycles. The van der Waals surface area contributed by atoms with Crippen LogP contribution in [0.25, 0.3) is 17.3 Å². The van der Waals surface area contributed by atoms with Gasteiger partial charge < -0.3 is 10.1 Å². The molecule has 0 radical (unpaired) electrons. The van der Waals surface area contributed by atoms with Gasteiger partial charge in [0.15, 0.2) is 5.69 Å². The molecule has 0 aliphatic carbocycles. The van der Waals surface area contributed by atoms with Crippen molar-refractivity contribution < 1.29 is 23.3 Å². The van der Waals surface area contributed by atoms with Gasteiger partial charge in [-0.3, -0.25) is 14.5 Å². The van der Waals surface area contributed by atoms with Crippen molar-refractivity contribution in [1.82, 2.24) is 15.2 Å². The molecule has 3 aromatic rings. The van der Waals surface area contributed by atoms with Gasteiger partial charge in [-0.15, -0.1) is 0 Å². The van der Waals surface area contributed by atoms with E-state index in [0.717, 1.165) is 22.9 Å². The summed E-state index contributed by atoms with van der Waals surface area (Å²) < 4.78 is 23.5. The molecule has 1 N–H and O–H groups in total. The number of nitrogens with one attached hydrogen (secondary N) is 1. The van der Waals surface area contributed by atoms with Crippen molar-refractivity contribution in [1.29, 1.82) is 0 Å². The Labute approximate surface area is 204 Å². The Balaban J connectivity index is 1.39. The fraction of sp³-hybridized carbons (Fsp3) is 0.174. The first kappa shape index (κ1) is 23.6. The molecule has 0 bridgehead atoms. The quantitative estimate of drug-likeness (QED) is 0.378. The van der Waals surface area contributed by atoms with Gasteiger partial charge in [0.2, 0.25) is 11.7 Å². The number of aromatic nitrogens is 2. The maximum absolute atomic E-state index is 13.1. The third-order valence-corrected chi connectivity index (χ3v) is 6.42. The van der Waals surface area contributed by atoms with Gasteiger partial charge in [0.1, 0.15) is 15.9 Å². The number of hydrogen-bond donors (Lipinski definition) is 1. The Hall–Kier alpha value is -3.57. The van der Waals surface area contributed by atoms with Crippen LogP contribution < -0.4 is 10.1 Å². The number of halogens is 1. The summed E-state index contributed by atoms with van der Waals surface area (Å²) in [4.78, 5) is 27.1. The largest absolute Gasteiger partial charge is 0.497 e. The standard InChI is InChI=1S/C23H19FN4O4S2/c1-13-11-16(31-2)7-8-17(13)20-21(27-32-26-20)25-19(29)9-10-28-22(30)18(34-23(28)33)12-14-3-5-15(24)6-4-14/h3-8,11-12H,9-10H2,1-2H3,(H,25,27,29)/b18-12-. The summed E-state index contributed by atoms with van der Waals surface area (Å²) >= 11 is 6.44. The average Bonchev–Trinajstić information content (AvgIpc) is 3.37. The molecule has 2 amide bonds. The number of thiocarbonyl (C=S) groups is 1. The summed E-state index contributed by atoms with van der Waals surface area (Å²) in [5, 5.41) is 10.4. The van der Waals surface area contributed by atoms with Crippen LogP contribution in [-0.4, -0.2) is 45.0 Å². The van der Waals surface area contributed by atoms with Gasteiger partial charge in [-0.05, 0) is 64.8 Å². The van der Waals surface area contributed by atoms with Crippen LogP contribution in [0.1, 0.15) is 17.5 Å². The van der Waals surface area contributed by atoms with Crippen LogP contribution in [0.5, 0.6) is 5.75 Å². The van der Waals surface area contributed by atoms with Crippen molar-refractivity contribution in [2.45, 2.75) is 13.3 Å². The highest BCUT2D eigenvalue weighted by molar-refractivity contribution is 8.26. The molecule has 2 aromatic carbocycles. The van der Waals surface area contributed by atoms with Crippen molar-refractivity contribution >= 4 is 52.0 Å². The summed E-state index contributed by atoms with van der Waals surface area (Å²) in [5.74, 6) is -0.159. The number of ether oxygens (including phenoxy) is 1. The molecule has 34 heavy (non-hydrogen) atoms. The maximum Gasteiger partial charge on any atom is 0.266 e. The van der Waals surface area contributed by atoms with Crippen LogP contribution in [-0.2, 0) is 9.59 Å². The second-order valence-corrected chi connectivity index (χ2v) is 9.00. The van der Waals surface area contributed by atoms with E-state index in [2.05, 4.69) is 15.6 Å². The van der Waals surface area contributed by atoms with Crippen LogP contribution >= 0.6 is 24.0 Å². The van der Waals surface area contributed by atoms with E-state index in [4.69, 9.17) is 21.6 Å². The number of hydrogen-bond acceptors (Lipinski definition) is 8. The first-order valence-corrected chi connectivity index (χ1v) is 11.4. The van der Waals surface area contributed by atoms with Crippen LogP contribution in [0.4, 0.5) is 10.2 Å². The monoisotopic (exact) mass is 498 g/mol. The van der Waals surface area contributed by atoms with Crippen molar-refractivity contribution in [3.63, 3.8) is 0 Å². The zero-order valence-electron chi connectivity index (χ0n) is 18.2. The van der Waals surface area contributed by atoms with Gasteiger partial charge in [-0.2, -0.15) is 0 Å². The first-order valence-electron chi connectivity index (χ1n) is 10.1. The predicted molar refractivity (Wildman–Crippen MR) is 131 cm³/mol. The lowest BCUT2D eigenvalue weighted by Gasteiger charge is -2.13. The number of nitrogens with zero attached hydrogens (tertiary/aromatic N) is 3. The fourth-order valence-electron chi connectivity index (χ4n) is 3.29. The number of rotatable bonds is 7. The minimum atomic E-state index is -0.375. The van der Waals surface area contributed by atoms with Gasteiger partial charge in [-0.25, -0.2) is 9.02 Å². The Bertz CT molecular complexity index is 1290. The molecule has 1 fully saturated rings. The van der Waals surface area contributed by atoms with Crippen molar-refractivity contribution in [3.05, 3.63) is 64.3 Å². The van der Waals surface area contributed by atoms with E-state index in [1.165, 1.54) is 17.0 Å². The van der Waals surface area contributed by atoms with Crippen molar-refractivity contribution in [2.75, 3.05) is 19.0 Å². The van der Waals surface area contributed by atoms with Gasteiger partial charge >= 0.3 is 0 Å². The second kappa shape index (κ2) is 10.1. The topological polar surface area (TPSA) is 97.6 Å². The lowest BCUT2D eigenvalue weighted by molar-refractivity contribution is -0.122. The van der Waals surface area contributed by atoms with E-state index in [0.29, 0.717) is 26.2 Å². The molecular formula is C23H19FN4O4S2. The molecule has 8 nitrogen and oxygen atoms in total. The van der Waals surface area contributed by atoms with E-state index < -0.39 is 0 Å². The lowest BCUT2D eigenvalue weighted by atomic mass is 10.1. The van der Waals surface area contributed by atoms with Gasteiger partial charge in [0.25, 0.3) is 5.91 Å². The number of methoxy groups -OCH3 is 1. The summed E-state index contributed by atoms with van der Waals surface area (Å²) in [7, 11) is 1.58. The lowest BCUT2D eigenvalue weighted by Crippen LogP contribution is -2.31. The van der Waals surface area contributed by atoms with E-state index >= 15 is 0 Å². The van der Waals surface area contributed by atoms with Gasteiger partial charge in [-0.1, -0.05) is 36.1 Å². The number of benzene rings is 2. The molecule has 174 valence electrons. The molecular weight excluding hydrogens is 479 g/mol. The first-order chi connectivity index (χ1) is 16.4. The molecule has 11 heteroatoms. The van der Waals surface area contributed by atoms with Crippen LogP contribution in [0.3, 0.4) is 0 Å². The zero-order chi connectivity index (χ0) is 24.2. The molecule has 1 aliphatic rings. The van der Waals surface area contributed by atoms with Crippen LogP contribution in [0, 0.1) is 12.7 Å². The Morgan fingerprint density at radius 2 is 2.03 bits per heavy atom. The fourth-order valence-corrected chi connectivity index (χ4v) is 4.60. The minimum Gasteiger partial charge on any atom is -0.497 e. The summed E-state index contributed by atoms with van der Waals surface area (Å²) in [5.41, 5.74) is 2.68. The van der Waals surface area contributed by atoms with E-state index in [9.17, 15) is 14.0 Å². The third kappa shape index (κ3) is 5.15. The highest BCUT2D eigenvalue weighted by Crippen LogP contribution is 2.33. The third-order valence-electron chi connectivity index (χ3n) is 5.04. The molecule has 1 aromatic heterocycles. The Morgan fingerprint density at radius 3 is 2.74 bits per heavy atom. The molecule has 0 unspecified atom stereocenters. The highest BCUT2D eigenvalue weighted by Gasteiger charge is 2.32. The SMILES string of the molecule is COc1ccc(-c2nonc2NC(=O)CCN2C(=O)/C(=C/c3ccc(F)cc3)SC2=S)c(C)c1. The number of amides is 2. The molecule has 0 saturated carbocycles. The molecule has 0 spiro atoms. The minimum absolute atomic E-state index is 0.00976. The van der Waals surface area contributed by atoms with Gasteiger partial charge in [0, 0.05) is 18.5 Å². The normalized spacial score (nSPS) is 14.7. The molecule has 1 saturated heterocycles. The van der Waals surface area contributed by atoms with Crippen LogP contribution in [0.15, 0.2) is 52.0 Å². The van der Waals surface area contributed by atoms with E-state index in [1.807, 2.05) is 13.0 Å². The number of anilines is 1. The Kier molecular flexibility index (Phi) is 7.03. The van der Waals surface area contributed by atoms with E-state index in [1.54, 1.807) is 37.5 Å². The highest BCUT2D eigenvalue weighted by atomic mass is 32.2. The van der Waals surface area contributed by atoms with Crippen molar-refractivity contribution in [2.24, 2.45) is 0 Å². The maximum atomic E-state index is 13.1. The number of thioether (sulfide) groups is 1. The van der Waals surface area contributed by atoms with E-state index in [-0.39, 0.29) is 36.4 Å². The summed E-state index contributed by atoms with van der Waals surface area (Å²) in [6, 6.07) is 11.2. The number of carbonyl (C=O) groups is 2.